The topological polar surface area (TPSA) is 50.5 Å². The van der Waals surface area contributed by atoms with Crippen LogP contribution in [0.25, 0.3) is 6.08 Å². The van der Waals surface area contributed by atoms with Crippen LogP contribution in [0.5, 0.6) is 0 Å². The van der Waals surface area contributed by atoms with Crippen molar-refractivity contribution in [1.29, 1.82) is 0 Å². The molecule has 2 amide bonds. The Kier molecular flexibility index (Phi) is 6.06. The molecule has 1 aromatic heterocycles. The molecule has 1 saturated heterocycles. The molecule has 4 rings (SSSR count). The monoisotopic (exact) mass is 461 g/mol. The van der Waals surface area contributed by atoms with Gasteiger partial charge >= 0.3 is 0 Å². The second-order valence-corrected chi connectivity index (χ2v) is 8.99. The van der Waals surface area contributed by atoms with Gasteiger partial charge in [0.05, 0.1) is 11.4 Å². The molecule has 0 atom stereocenters. The van der Waals surface area contributed by atoms with E-state index in [2.05, 4.69) is 0 Å². The molecule has 4 nitrogen and oxygen atoms in total. The second-order valence-electron chi connectivity index (χ2n) is 6.08. The highest BCUT2D eigenvalue weighted by molar-refractivity contribution is 8.18. The van der Waals surface area contributed by atoms with E-state index < -0.39 is 0 Å². The number of thioether (sulfide) groups is 1. The lowest BCUT2D eigenvalue weighted by Crippen LogP contribution is -2.27. The number of hydrogen-bond donors (Lipinski definition) is 0. The normalized spacial score (nSPS) is 15.5. The zero-order valence-corrected chi connectivity index (χ0v) is 17.9. The van der Waals surface area contributed by atoms with E-state index in [-0.39, 0.29) is 17.7 Å². The molecular formula is C21H13Cl2NO3S2. The maximum atomic E-state index is 12.7. The Balaban J connectivity index is 1.49. The fraction of sp³-hybridized carbons (Fsp3) is 0.0476. The summed E-state index contributed by atoms with van der Waals surface area (Å²) >= 11 is 14.4. The number of carbonyl (C=O) groups excluding carboxylic acids is 2. The van der Waals surface area contributed by atoms with Gasteiger partial charge in [-0.15, -0.1) is 0 Å². The number of halogens is 2. The lowest BCUT2D eigenvalue weighted by molar-refractivity contribution is -0.123. The molecule has 1 aliphatic heterocycles. The molecule has 2 aromatic carbocycles. The molecule has 0 spiro atoms. The average molecular weight is 462 g/mol. The van der Waals surface area contributed by atoms with Gasteiger partial charge in [-0.1, -0.05) is 59.2 Å². The van der Waals surface area contributed by atoms with E-state index in [4.69, 9.17) is 27.6 Å². The van der Waals surface area contributed by atoms with Crippen LogP contribution >= 0.6 is 46.7 Å². The molecule has 146 valence electrons. The summed E-state index contributed by atoms with van der Waals surface area (Å²) in [7, 11) is 0. The van der Waals surface area contributed by atoms with Crippen LogP contribution < -0.4 is 0 Å². The zero-order chi connectivity index (χ0) is 20.4. The second kappa shape index (κ2) is 8.71. The molecule has 3 aromatic rings. The van der Waals surface area contributed by atoms with Crippen LogP contribution in [0.15, 0.2) is 80.0 Å². The van der Waals surface area contributed by atoms with Crippen molar-refractivity contribution >= 4 is 63.9 Å². The predicted molar refractivity (Wildman–Crippen MR) is 117 cm³/mol. The van der Waals surface area contributed by atoms with Gasteiger partial charge in [-0.3, -0.25) is 14.5 Å². The lowest BCUT2D eigenvalue weighted by Gasteiger charge is -2.13. The molecule has 0 N–H and O–H groups in total. The first-order chi connectivity index (χ1) is 14.0. The third kappa shape index (κ3) is 4.73. The summed E-state index contributed by atoms with van der Waals surface area (Å²) in [5.74, 6) is 0.137. The minimum Gasteiger partial charge on any atom is -0.450 e. The van der Waals surface area contributed by atoms with Crippen LogP contribution in [0.4, 0.5) is 4.79 Å². The third-order valence-corrected chi connectivity index (χ3v) is 6.48. The molecule has 0 aliphatic carbocycles. The number of benzene rings is 2. The van der Waals surface area contributed by atoms with Crippen LogP contribution in [0, 0.1) is 0 Å². The molecule has 0 radical (unpaired) electrons. The number of amides is 2. The van der Waals surface area contributed by atoms with Crippen molar-refractivity contribution in [3.05, 3.63) is 86.9 Å². The fourth-order valence-corrected chi connectivity index (χ4v) is 4.74. The maximum Gasteiger partial charge on any atom is 0.293 e. The van der Waals surface area contributed by atoms with Crippen molar-refractivity contribution in [1.82, 2.24) is 4.90 Å². The van der Waals surface area contributed by atoms with E-state index in [0.29, 0.717) is 31.4 Å². The van der Waals surface area contributed by atoms with Crippen LogP contribution in [-0.4, -0.2) is 16.0 Å². The quantitative estimate of drug-likeness (QED) is 0.383. The molecular weight excluding hydrogens is 449 g/mol. The van der Waals surface area contributed by atoms with Gasteiger partial charge in [0.15, 0.2) is 5.09 Å². The Labute approximate surface area is 185 Å². The molecule has 8 heteroatoms. The number of carbonyl (C=O) groups is 2. The van der Waals surface area contributed by atoms with Gasteiger partial charge in [-0.05, 0) is 53.7 Å². The fourth-order valence-electron chi connectivity index (χ4n) is 2.66. The van der Waals surface area contributed by atoms with Gasteiger partial charge in [0.2, 0.25) is 0 Å². The van der Waals surface area contributed by atoms with E-state index in [9.17, 15) is 9.59 Å². The average Bonchev–Trinajstić information content (AvgIpc) is 3.24. The Hall–Kier alpha value is -2.12. The molecule has 1 aliphatic rings. The predicted octanol–water partition coefficient (Wildman–Crippen LogP) is 6.97. The van der Waals surface area contributed by atoms with E-state index in [1.165, 1.54) is 11.8 Å². The van der Waals surface area contributed by atoms with Crippen molar-refractivity contribution in [3.63, 3.8) is 0 Å². The van der Waals surface area contributed by atoms with E-state index >= 15 is 0 Å². The van der Waals surface area contributed by atoms with Gasteiger partial charge in [0.25, 0.3) is 11.1 Å². The third-order valence-electron chi connectivity index (χ3n) is 4.05. The van der Waals surface area contributed by atoms with Crippen molar-refractivity contribution in [2.45, 2.75) is 16.5 Å². The Bertz CT molecular complexity index is 1110. The highest BCUT2D eigenvalue weighted by Crippen LogP contribution is 2.36. The largest absolute Gasteiger partial charge is 0.450 e. The molecule has 2 heterocycles. The molecule has 0 bridgehead atoms. The number of nitrogens with zero attached hydrogens (tertiary/aromatic N) is 1. The SMILES string of the molecule is O=C1S/C(=C\c2ccc(Sc3ccccc3)o2)C(=O)N1Cc1ccc(Cl)cc1Cl. The number of furan rings is 1. The number of imide groups is 1. The van der Waals surface area contributed by atoms with Crippen molar-refractivity contribution in [2.75, 3.05) is 0 Å². The smallest absolute Gasteiger partial charge is 0.293 e. The van der Waals surface area contributed by atoms with Gasteiger partial charge in [-0.25, -0.2) is 0 Å². The summed E-state index contributed by atoms with van der Waals surface area (Å²) in [6, 6.07) is 18.4. The van der Waals surface area contributed by atoms with Crippen LogP contribution in [0.2, 0.25) is 10.0 Å². The van der Waals surface area contributed by atoms with Gasteiger partial charge in [0.1, 0.15) is 5.76 Å². The minimum absolute atomic E-state index is 0.0886. The molecule has 29 heavy (non-hydrogen) atoms. The highest BCUT2D eigenvalue weighted by atomic mass is 35.5. The lowest BCUT2D eigenvalue weighted by atomic mass is 10.2. The number of rotatable bonds is 5. The van der Waals surface area contributed by atoms with E-state index in [1.807, 2.05) is 36.4 Å². The number of hydrogen-bond acceptors (Lipinski definition) is 5. The Morgan fingerprint density at radius 3 is 2.59 bits per heavy atom. The summed E-state index contributed by atoms with van der Waals surface area (Å²) in [5, 5.41) is 1.26. The van der Waals surface area contributed by atoms with Crippen molar-refractivity contribution < 1.29 is 14.0 Å². The Morgan fingerprint density at radius 1 is 1.03 bits per heavy atom. The zero-order valence-electron chi connectivity index (χ0n) is 14.8. The summed E-state index contributed by atoms with van der Waals surface area (Å²) < 4.78 is 5.77. The van der Waals surface area contributed by atoms with Crippen molar-refractivity contribution in [2.24, 2.45) is 0 Å². The summed E-state index contributed by atoms with van der Waals surface area (Å²) in [4.78, 5) is 27.6. The Morgan fingerprint density at radius 2 is 1.83 bits per heavy atom. The summed E-state index contributed by atoms with van der Waals surface area (Å²) in [6.07, 6.45) is 1.59. The van der Waals surface area contributed by atoms with E-state index in [0.717, 1.165) is 21.6 Å². The van der Waals surface area contributed by atoms with Crippen LogP contribution in [-0.2, 0) is 11.3 Å². The van der Waals surface area contributed by atoms with Gasteiger partial charge < -0.3 is 4.42 Å². The summed E-state index contributed by atoms with van der Waals surface area (Å²) in [5.41, 5.74) is 0.652. The van der Waals surface area contributed by atoms with Gasteiger partial charge in [0, 0.05) is 21.0 Å². The molecule has 1 fully saturated rings. The van der Waals surface area contributed by atoms with E-state index in [1.54, 1.807) is 30.3 Å². The van der Waals surface area contributed by atoms with Crippen molar-refractivity contribution in [3.8, 4) is 0 Å². The first kappa shape index (κ1) is 20.2. The standard InChI is InChI=1S/C21H13Cl2NO3S2/c22-14-7-6-13(17(23)10-14)12-24-20(25)18(29-21(24)26)11-15-8-9-19(27-15)28-16-4-2-1-3-5-16/h1-11H,12H2/b18-11-. The van der Waals surface area contributed by atoms with Crippen LogP contribution in [0.3, 0.4) is 0 Å². The molecule has 0 saturated carbocycles. The maximum absolute atomic E-state index is 12.7. The molecule has 0 unspecified atom stereocenters. The minimum atomic E-state index is -0.375. The van der Waals surface area contributed by atoms with Gasteiger partial charge in [-0.2, -0.15) is 0 Å². The first-order valence-corrected chi connectivity index (χ1v) is 10.9. The highest BCUT2D eigenvalue weighted by Gasteiger charge is 2.35. The van der Waals surface area contributed by atoms with Crippen LogP contribution in [0.1, 0.15) is 11.3 Å². The first-order valence-electron chi connectivity index (χ1n) is 8.51. The summed E-state index contributed by atoms with van der Waals surface area (Å²) in [6.45, 7) is 0.0886.